The molecule has 0 heterocycles. The minimum atomic E-state index is -1.01. The van der Waals surface area contributed by atoms with E-state index in [9.17, 15) is 9.90 Å². The molecule has 11 heavy (non-hydrogen) atoms. The topological polar surface area (TPSA) is 40.1 Å². The van der Waals surface area contributed by atoms with Crippen molar-refractivity contribution in [3.05, 3.63) is 12.2 Å². The third-order valence-electron chi connectivity index (χ3n) is 2.68. The Kier molecular flexibility index (Phi) is 1.25. The maximum Gasteiger partial charge on any atom is 0.0417 e. The fourth-order valence-corrected chi connectivity index (χ4v) is 2.05. The zero-order valence-electron chi connectivity index (χ0n) is 7.19. The Balaban J connectivity index is 1.98. The minimum absolute atomic E-state index is 0.0370. The third kappa shape index (κ3) is 1.06. The van der Waals surface area contributed by atoms with Crippen LogP contribution in [0.25, 0.3) is 0 Å². The van der Waals surface area contributed by atoms with Crippen LogP contribution < -0.4 is 5.11 Å². The molecule has 0 bridgehead atoms. The molecule has 2 nitrogen and oxygen atoms in total. The van der Waals surface area contributed by atoms with Crippen molar-refractivity contribution in [1.29, 1.82) is 0 Å². The lowest BCUT2D eigenvalue weighted by atomic mass is 9.65. The number of fused-ring (bicyclic) bond motifs is 1. The van der Waals surface area contributed by atoms with Gasteiger partial charge in [0, 0.05) is 7.34 Å². The van der Waals surface area contributed by atoms with Gasteiger partial charge in [0.15, 0.2) is 0 Å². The minimum Gasteiger partial charge on any atom is -0.550 e. The molecule has 2 rings (SSSR count). The predicted molar refractivity (Wildman–Crippen MR) is 38.5 cm³/mol. The number of rotatable bonds is 2. The van der Waals surface area contributed by atoms with Gasteiger partial charge < -0.3 is 9.90 Å². The van der Waals surface area contributed by atoms with E-state index < -0.39 is 5.97 Å². The zero-order chi connectivity index (χ0) is 8.72. The molecule has 1 fully saturated rings. The van der Waals surface area contributed by atoms with E-state index in [1.807, 2.05) is 6.08 Å². The molecule has 2 aliphatic carbocycles. The van der Waals surface area contributed by atoms with Gasteiger partial charge in [-0.15, -0.1) is 0 Å². The molecule has 0 N–H and O–H groups in total. The van der Waals surface area contributed by atoms with E-state index >= 15 is 0 Å². The van der Waals surface area contributed by atoms with E-state index in [0.717, 1.165) is 6.42 Å². The van der Waals surface area contributed by atoms with Gasteiger partial charge in [-0.3, -0.25) is 0 Å². The highest BCUT2D eigenvalue weighted by Crippen LogP contribution is 2.48. The first kappa shape index (κ1) is 5.81. The molecule has 0 aromatic carbocycles. The van der Waals surface area contributed by atoms with Crippen LogP contribution in [0.2, 0.25) is 0 Å². The highest BCUT2D eigenvalue weighted by molar-refractivity contribution is 5.64. The van der Waals surface area contributed by atoms with Crippen molar-refractivity contribution < 1.29 is 11.3 Å². The van der Waals surface area contributed by atoms with Gasteiger partial charge in [0.25, 0.3) is 0 Å². The number of hydrogen-bond donors (Lipinski definition) is 0. The highest BCUT2D eigenvalue weighted by atomic mass is 16.4. The van der Waals surface area contributed by atoms with E-state index in [2.05, 4.69) is 6.08 Å². The van der Waals surface area contributed by atoms with Crippen molar-refractivity contribution in [3.8, 4) is 0 Å². The van der Waals surface area contributed by atoms with Crippen LogP contribution in [-0.2, 0) is 4.79 Å². The van der Waals surface area contributed by atoms with E-state index in [1.165, 1.54) is 0 Å². The summed E-state index contributed by atoms with van der Waals surface area (Å²) in [5.41, 5.74) is 0. The molecule has 2 aliphatic rings. The van der Waals surface area contributed by atoms with Crippen molar-refractivity contribution in [2.24, 2.45) is 17.8 Å². The van der Waals surface area contributed by atoms with E-state index in [-0.39, 0.29) is 18.7 Å². The summed E-state index contributed by atoms with van der Waals surface area (Å²) in [6, 6.07) is 0. The van der Waals surface area contributed by atoms with Crippen molar-refractivity contribution in [2.45, 2.75) is 19.2 Å². The number of carboxylic acids is 1. The summed E-state index contributed by atoms with van der Waals surface area (Å²) < 4.78 is 7.65. The second-order valence-electron chi connectivity index (χ2n) is 3.34. The van der Waals surface area contributed by atoms with Crippen molar-refractivity contribution >= 4 is 5.97 Å². The fraction of sp³-hybridized carbons (Fsp3) is 0.667. The third-order valence-corrected chi connectivity index (χ3v) is 2.68. The average Bonchev–Trinajstić information content (AvgIpc) is 2.44. The van der Waals surface area contributed by atoms with Crippen LogP contribution in [0.1, 0.15) is 20.6 Å². The first-order valence-electron chi connectivity index (χ1n) is 4.56. The second kappa shape index (κ2) is 2.36. The largest absolute Gasteiger partial charge is 0.550 e. The summed E-state index contributed by atoms with van der Waals surface area (Å²) in [5, 5.41) is 10.3. The average molecular weight is 152 g/mol. The fourth-order valence-electron chi connectivity index (χ4n) is 2.05. The molecule has 2 heteroatoms. The number of allylic oxidation sites excluding steroid dienone is 2. The second-order valence-corrected chi connectivity index (χ2v) is 3.34. The Morgan fingerprint density at radius 2 is 2.64 bits per heavy atom. The summed E-state index contributed by atoms with van der Waals surface area (Å²) in [6.45, 7) is 0. The number of hydrogen-bond acceptors (Lipinski definition) is 2. The Bertz CT molecular complexity index is 237. The zero-order valence-corrected chi connectivity index (χ0v) is 6.19. The first-order valence-corrected chi connectivity index (χ1v) is 3.99. The highest BCUT2D eigenvalue weighted by Gasteiger charge is 2.40. The molecular formula is C9H11O2-. The van der Waals surface area contributed by atoms with Crippen LogP contribution in [-0.4, -0.2) is 5.97 Å². The molecule has 1 saturated carbocycles. The predicted octanol–water partition coefficient (Wildman–Crippen LogP) is 0.339. The van der Waals surface area contributed by atoms with Gasteiger partial charge in [-0.2, -0.15) is 0 Å². The Hall–Kier alpha value is -0.790. The molecule has 0 amide bonds. The molecule has 0 aromatic heterocycles. The van der Waals surface area contributed by atoms with Crippen LogP contribution in [0, 0.1) is 17.8 Å². The smallest absolute Gasteiger partial charge is 0.0417 e. The van der Waals surface area contributed by atoms with Gasteiger partial charge in [-0.1, -0.05) is 12.2 Å². The molecule has 0 radical (unpaired) electrons. The lowest BCUT2D eigenvalue weighted by Crippen LogP contribution is -2.37. The van der Waals surface area contributed by atoms with Crippen LogP contribution in [0.4, 0.5) is 0 Å². The molecule has 0 aromatic rings. The summed E-state index contributed by atoms with van der Waals surface area (Å²) in [4.78, 5) is 10.3. The number of aliphatic carboxylic acids is 1. The molecule has 0 aliphatic heterocycles. The lowest BCUT2D eigenvalue weighted by Gasteiger charge is -2.40. The summed E-state index contributed by atoms with van der Waals surface area (Å²) in [5.74, 6) is -0.225. The first-order chi connectivity index (χ1) is 5.70. The standard InChI is InChI=1S/C9H12O2/c10-9(11)5-7-4-6-2-1-3-8(6)7/h1-2,6-8H,3-5H2,(H,10,11)/p-1/t6-,7-,8-/m1/s1/i4D/t4-,6-,7-,8-. The van der Waals surface area contributed by atoms with Gasteiger partial charge >= 0.3 is 0 Å². The van der Waals surface area contributed by atoms with Gasteiger partial charge in [0.2, 0.25) is 0 Å². The quantitative estimate of drug-likeness (QED) is 0.535. The summed E-state index contributed by atoms with van der Waals surface area (Å²) in [6.07, 6.45) is 4.93. The van der Waals surface area contributed by atoms with Crippen LogP contribution in [0.15, 0.2) is 12.2 Å². The molecule has 0 unspecified atom stereocenters. The van der Waals surface area contributed by atoms with Gasteiger partial charge in [0.1, 0.15) is 0 Å². The van der Waals surface area contributed by atoms with Crippen LogP contribution >= 0.6 is 0 Å². The van der Waals surface area contributed by atoms with Crippen LogP contribution in [0.3, 0.4) is 0 Å². The number of carbonyl (C=O) groups excluding carboxylic acids is 1. The molecule has 60 valence electrons. The van der Waals surface area contributed by atoms with Gasteiger partial charge in [-0.05, 0) is 37.0 Å². The molecule has 0 spiro atoms. The number of carboxylic acid groups (broad SMARTS) is 1. The summed E-state index contributed by atoms with van der Waals surface area (Å²) >= 11 is 0. The summed E-state index contributed by atoms with van der Waals surface area (Å²) in [7, 11) is 0. The monoisotopic (exact) mass is 152 g/mol. The Morgan fingerprint density at radius 3 is 3.36 bits per heavy atom. The van der Waals surface area contributed by atoms with E-state index in [1.54, 1.807) is 0 Å². The van der Waals surface area contributed by atoms with Crippen molar-refractivity contribution in [3.63, 3.8) is 0 Å². The van der Waals surface area contributed by atoms with Crippen molar-refractivity contribution in [1.82, 2.24) is 0 Å². The van der Waals surface area contributed by atoms with Gasteiger partial charge in [0.05, 0.1) is 0 Å². The SMILES string of the molecule is [2H][C@@H]1[C@H]2C=CC[C@H]2[C@H]1CC(=O)[O-]. The number of carbonyl (C=O) groups is 1. The maximum atomic E-state index is 10.3. The molecular weight excluding hydrogens is 140 g/mol. The van der Waals surface area contributed by atoms with E-state index in [0.29, 0.717) is 11.8 Å². The Morgan fingerprint density at radius 1 is 1.82 bits per heavy atom. The maximum absolute atomic E-state index is 10.3. The van der Waals surface area contributed by atoms with Crippen LogP contribution in [0.5, 0.6) is 0 Å². The van der Waals surface area contributed by atoms with E-state index in [4.69, 9.17) is 1.37 Å². The van der Waals surface area contributed by atoms with Gasteiger partial charge in [-0.25, -0.2) is 0 Å². The lowest BCUT2D eigenvalue weighted by molar-refractivity contribution is -0.308. The molecule has 4 atom stereocenters. The molecule has 0 saturated heterocycles. The normalized spacial score (nSPS) is 47.8. The van der Waals surface area contributed by atoms with Crippen molar-refractivity contribution in [2.75, 3.05) is 0 Å². The Labute approximate surface area is 67.3 Å².